The van der Waals surface area contributed by atoms with Crippen LogP contribution in [0.25, 0.3) is 16.7 Å². The summed E-state index contributed by atoms with van der Waals surface area (Å²) in [6, 6.07) is 12.0. The first-order chi connectivity index (χ1) is 10.1. The SMILES string of the molecule is COc1cc2[nH]c(=S)n(-c3ccc(I)cc3)c2cc1OC. The van der Waals surface area contributed by atoms with Crippen molar-refractivity contribution in [2.75, 3.05) is 14.2 Å². The molecule has 0 spiro atoms. The Morgan fingerprint density at radius 1 is 1.05 bits per heavy atom. The number of aromatic nitrogens is 2. The lowest BCUT2D eigenvalue weighted by atomic mass is 10.2. The highest BCUT2D eigenvalue weighted by molar-refractivity contribution is 14.1. The van der Waals surface area contributed by atoms with Crippen molar-refractivity contribution in [1.29, 1.82) is 0 Å². The second kappa shape index (κ2) is 5.69. The number of methoxy groups -OCH3 is 2. The van der Waals surface area contributed by atoms with Crippen LogP contribution in [0.1, 0.15) is 0 Å². The van der Waals surface area contributed by atoms with E-state index in [2.05, 4.69) is 39.7 Å². The summed E-state index contributed by atoms with van der Waals surface area (Å²) in [6.45, 7) is 0. The smallest absolute Gasteiger partial charge is 0.182 e. The summed E-state index contributed by atoms with van der Waals surface area (Å²) in [6.07, 6.45) is 0. The van der Waals surface area contributed by atoms with Crippen LogP contribution in [-0.4, -0.2) is 23.8 Å². The zero-order valence-corrected chi connectivity index (χ0v) is 14.5. The van der Waals surface area contributed by atoms with E-state index in [4.69, 9.17) is 21.7 Å². The van der Waals surface area contributed by atoms with Crippen LogP contribution >= 0.6 is 34.8 Å². The van der Waals surface area contributed by atoms with Gasteiger partial charge in [0.2, 0.25) is 0 Å². The summed E-state index contributed by atoms with van der Waals surface area (Å²) in [5.41, 5.74) is 2.88. The average molecular weight is 412 g/mol. The Labute approximate surface area is 140 Å². The largest absolute Gasteiger partial charge is 0.493 e. The molecule has 0 aliphatic carbocycles. The van der Waals surface area contributed by atoms with E-state index in [0.717, 1.165) is 16.7 Å². The number of rotatable bonds is 3. The van der Waals surface area contributed by atoms with Crippen molar-refractivity contribution in [3.05, 3.63) is 44.7 Å². The average Bonchev–Trinajstić information content (AvgIpc) is 2.81. The van der Waals surface area contributed by atoms with Crippen molar-refractivity contribution in [2.24, 2.45) is 0 Å². The maximum Gasteiger partial charge on any atom is 0.182 e. The molecule has 0 radical (unpaired) electrons. The molecule has 108 valence electrons. The molecule has 0 aliphatic heterocycles. The number of hydrogen-bond donors (Lipinski definition) is 1. The van der Waals surface area contributed by atoms with Gasteiger partial charge in [-0.3, -0.25) is 4.57 Å². The second-order valence-corrected chi connectivity index (χ2v) is 6.10. The Morgan fingerprint density at radius 2 is 1.67 bits per heavy atom. The fourth-order valence-corrected chi connectivity index (χ4v) is 2.95. The molecule has 1 aromatic heterocycles. The predicted molar refractivity (Wildman–Crippen MR) is 94.3 cm³/mol. The summed E-state index contributed by atoms with van der Waals surface area (Å²) >= 11 is 7.73. The molecule has 0 saturated heterocycles. The summed E-state index contributed by atoms with van der Waals surface area (Å²) in [5, 5.41) is 0. The van der Waals surface area contributed by atoms with Gasteiger partial charge in [-0.2, -0.15) is 0 Å². The number of aromatic amines is 1. The Hall–Kier alpha value is -1.54. The van der Waals surface area contributed by atoms with Gasteiger partial charge in [-0.25, -0.2) is 0 Å². The zero-order chi connectivity index (χ0) is 15.0. The lowest BCUT2D eigenvalue weighted by Gasteiger charge is -2.09. The minimum Gasteiger partial charge on any atom is -0.493 e. The third-order valence-electron chi connectivity index (χ3n) is 3.27. The first kappa shape index (κ1) is 14.4. The molecule has 1 N–H and O–H groups in total. The van der Waals surface area contributed by atoms with Crippen LogP contribution in [0.5, 0.6) is 11.5 Å². The number of H-pyrrole nitrogens is 1. The van der Waals surface area contributed by atoms with Crippen molar-refractivity contribution in [3.8, 4) is 17.2 Å². The lowest BCUT2D eigenvalue weighted by molar-refractivity contribution is 0.355. The molecule has 1 heterocycles. The van der Waals surface area contributed by atoms with Gasteiger partial charge in [0.15, 0.2) is 16.3 Å². The van der Waals surface area contributed by atoms with Crippen molar-refractivity contribution in [2.45, 2.75) is 0 Å². The van der Waals surface area contributed by atoms with Gasteiger partial charge in [-0.15, -0.1) is 0 Å². The number of nitrogens with one attached hydrogen (secondary N) is 1. The number of hydrogen-bond acceptors (Lipinski definition) is 3. The van der Waals surface area contributed by atoms with Gasteiger partial charge in [0.25, 0.3) is 0 Å². The van der Waals surface area contributed by atoms with Crippen molar-refractivity contribution in [3.63, 3.8) is 0 Å². The molecule has 21 heavy (non-hydrogen) atoms. The van der Waals surface area contributed by atoms with Crippen LogP contribution in [-0.2, 0) is 0 Å². The first-order valence-electron chi connectivity index (χ1n) is 6.26. The number of imidazole rings is 1. The Bertz CT molecular complexity index is 852. The van der Waals surface area contributed by atoms with Gasteiger partial charge in [-0.1, -0.05) is 0 Å². The predicted octanol–water partition coefficient (Wildman–Crippen LogP) is 4.31. The molecule has 2 aromatic carbocycles. The third kappa shape index (κ3) is 2.53. The molecule has 0 saturated carbocycles. The van der Waals surface area contributed by atoms with Gasteiger partial charge in [0.05, 0.1) is 25.3 Å². The molecule has 6 heteroatoms. The molecule has 0 atom stereocenters. The van der Waals surface area contributed by atoms with Gasteiger partial charge in [-0.05, 0) is 59.1 Å². The maximum atomic E-state index is 5.45. The molecule has 0 bridgehead atoms. The summed E-state index contributed by atoms with van der Waals surface area (Å²) in [7, 11) is 3.24. The standard InChI is InChI=1S/C15H13IN2O2S/c1-19-13-7-11-12(8-14(13)20-2)18(15(21)17-11)10-5-3-9(16)4-6-10/h3-8H,1-2H3,(H,17,21). The number of halogens is 1. The number of ether oxygens (including phenoxy) is 2. The molecule has 0 unspecified atom stereocenters. The molecule has 3 rings (SSSR count). The van der Waals surface area contributed by atoms with Crippen molar-refractivity contribution >= 4 is 45.8 Å². The van der Waals surface area contributed by atoms with Crippen molar-refractivity contribution in [1.82, 2.24) is 9.55 Å². The van der Waals surface area contributed by atoms with Gasteiger partial charge in [0.1, 0.15) is 0 Å². The van der Waals surface area contributed by atoms with E-state index >= 15 is 0 Å². The van der Waals surface area contributed by atoms with Gasteiger partial charge < -0.3 is 14.5 Å². The van der Waals surface area contributed by atoms with Crippen LogP contribution in [0.15, 0.2) is 36.4 Å². The van der Waals surface area contributed by atoms with Crippen LogP contribution in [0.2, 0.25) is 0 Å². The van der Waals surface area contributed by atoms with Crippen LogP contribution in [0.3, 0.4) is 0 Å². The van der Waals surface area contributed by atoms with Gasteiger partial charge >= 0.3 is 0 Å². The number of benzene rings is 2. The summed E-state index contributed by atoms with van der Waals surface area (Å²) < 4.78 is 14.5. The highest BCUT2D eigenvalue weighted by Gasteiger charge is 2.12. The van der Waals surface area contributed by atoms with E-state index in [0.29, 0.717) is 16.3 Å². The van der Waals surface area contributed by atoms with Gasteiger partial charge in [0, 0.05) is 21.4 Å². The number of nitrogens with zero attached hydrogens (tertiary/aromatic N) is 1. The lowest BCUT2D eigenvalue weighted by Crippen LogP contribution is -1.95. The maximum absolute atomic E-state index is 5.45. The fraction of sp³-hybridized carbons (Fsp3) is 0.133. The highest BCUT2D eigenvalue weighted by atomic mass is 127. The van der Waals surface area contributed by atoms with Crippen LogP contribution in [0.4, 0.5) is 0 Å². The second-order valence-electron chi connectivity index (χ2n) is 4.47. The Balaban J connectivity index is 2.30. The topological polar surface area (TPSA) is 39.2 Å². The minimum atomic E-state index is 0.640. The fourth-order valence-electron chi connectivity index (χ4n) is 2.28. The van der Waals surface area contributed by atoms with Crippen LogP contribution in [0, 0.1) is 8.34 Å². The van der Waals surface area contributed by atoms with Crippen LogP contribution < -0.4 is 9.47 Å². The normalized spacial score (nSPS) is 10.8. The Kier molecular flexibility index (Phi) is 3.90. The molecule has 0 amide bonds. The highest BCUT2D eigenvalue weighted by Crippen LogP contribution is 2.33. The van der Waals surface area contributed by atoms with E-state index in [1.54, 1.807) is 14.2 Å². The zero-order valence-electron chi connectivity index (χ0n) is 11.5. The van der Waals surface area contributed by atoms with E-state index in [1.165, 1.54) is 3.57 Å². The molecular formula is C15H13IN2O2S. The van der Waals surface area contributed by atoms with E-state index < -0.39 is 0 Å². The van der Waals surface area contributed by atoms with E-state index in [1.807, 2.05) is 28.8 Å². The monoisotopic (exact) mass is 412 g/mol. The first-order valence-corrected chi connectivity index (χ1v) is 7.75. The summed E-state index contributed by atoms with van der Waals surface area (Å²) in [5.74, 6) is 1.36. The van der Waals surface area contributed by atoms with Crippen molar-refractivity contribution < 1.29 is 9.47 Å². The Morgan fingerprint density at radius 3 is 2.29 bits per heavy atom. The quantitative estimate of drug-likeness (QED) is 0.515. The minimum absolute atomic E-state index is 0.640. The molecule has 0 fully saturated rings. The van der Waals surface area contributed by atoms with E-state index in [-0.39, 0.29) is 0 Å². The third-order valence-corrected chi connectivity index (χ3v) is 4.28. The summed E-state index contributed by atoms with van der Waals surface area (Å²) in [4.78, 5) is 3.21. The van der Waals surface area contributed by atoms with E-state index in [9.17, 15) is 0 Å². The molecule has 0 aliphatic rings. The molecular weight excluding hydrogens is 399 g/mol. The molecule has 4 nitrogen and oxygen atoms in total. The molecule has 3 aromatic rings. The number of fused-ring (bicyclic) bond motifs is 1.